The zero-order valence-electron chi connectivity index (χ0n) is 14.5. The maximum Gasteiger partial charge on any atom is 0.191 e. The molecule has 0 amide bonds. The van der Waals surface area contributed by atoms with Gasteiger partial charge < -0.3 is 20.3 Å². The topological polar surface area (TPSA) is 48.9 Å². The molecule has 1 heterocycles. The minimum absolute atomic E-state index is 0.478. The van der Waals surface area contributed by atoms with E-state index in [4.69, 9.17) is 9.73 Å². The third-order valence-electron chi connectivity index (χ3n) is 4.43. The summed E-state index contributed by atoms with van der Waals surface area (Å²) in [5.74, 6) is 0.906. The molecule has 0 bridgehead atoms. The maximum atomic E-state index is 5.41. The zero-order valence-corrected chi connectivity index (χ0v) is 14.5. The molecule has 2 N–H and O–H groups in total. The van der Waals surface area contributed by atoms with Crippen LogP contribution < -0.4 is 15.5 Å². The summed E-state index contributed by atoms with van der Waals surface area (Å²) in [4.78, 5) is 7.09. The highest BCUT2D eigenvalue weighted by Gasteiger charge is 2.12. The molecule has 0 atom stereocenters. The smallest absolute Gasteiger partial charge is 0.191 e. The summed E-state index contributed by atoms with van der Waals surface area (Å²) >= 11 is 0. The van der Waals surface area contributed by atoms with Crippen molar-refractivity contribution < 1.29 is 4.74 Å². The van der Waals surface area contributed by atoms with E-state index in [0.29, 0.717) is 12.6 Å². The van der Waals surface area contributed by atoms with Gasteiger partial charge in [-0.2, -0.15) is 0 Å². The van der Waals surface area contributed by atoms with Crippen LogP contribution in [0, 0.1) is 0 Å². The van der Waals surface area contributed by atoms with E-state index in [2.05, 4.69) is 58.9 Å². The monoisotopic (exact) mass is 328 g/mol. The molecular weight excluding hydrogens is 300 g/mol. The van der Waals surface area contributed by atoms with E-state index in [9.17, 15) is 0 Å². The van der Waals surface area contributed by atoms with E-state index < -0.39 is 0 Å². The van der Waals surface area contributed by atoms with Crippen LogP contribution in [0.2, 0.25) is 0 Å². The number of hydrogen-bond donors (Lipinski definition) is 2. The van der Waals surface area contributed by atoms with Crippen LogP contribution in [-0.2, 0) is 11.3 Å². The van der Waals surface area contributed by atoms with Crippen molar-refractivity contribution in [1.29, 1.82) is 0 Å². The second-order valence-electron chi connectivity index (χ2n) is 6.25. The number of nitrogens with one attached hydrogen (secondary N) is 2. The van der Waals surface area contributed by atoms with E-state index in [0.717, 1.165) is 51.6 Å². The van der Waals surface area contributed by atoms with Crippen molar-refractivity contribution >= 4 is 11.6 Å². The fourth-order valence-electron chi connectivity index (χ4n) is 3.05. The lowest BCUT2D eigenvalue weighted by atomic mass is 10.2. The number of benzene rings is 1. The van der Waals surface area contributed by atoms with E-state index in [1.54, 1.807) is 0 Å². The number of ether oxygens (including phenoxy) is 1. The van der Waals surface area contributed by atoms with Crippen molar-refractivity contribution in [2.75, 3.05) is 37.7 Å². The van der Waals surface area contributed by atoms with Gasteiger partial charge >= 0.3 is 0 Å². The van der Waals surface area contributed by atoms with Gasteiger partial charge in [-0.05, 0) is 37.5 Å². The maximum absolute atomic E-state index is 5.41. The molecule has 130 valence electrons. The molecule has 1 aromatic rings. The first-order valence-corrected chi connectivity index (χ1v) is 8.96. The average Bonchev–Trinajstić information content (AvgIpc) is 3.14. The summed E-state index contributed by atoms with van der Waals surface area (Å²) in [6.07, 6.45) is 6.62. The Kier molecular flexibility index (Phi) is 6.13. The first-order valence-electron chi connectivity index (χ1n) is 8.96. The molecule has 5 nitrogen and oxygen atoms in total. The summed E-state index contributed by atoms with van der Waals surface area (Å²) in [6, 6.07) is 9.21. The first kappa shape index (κ1) is 16.8. The van der Waals surface area contributed by atoms with Crippen LogP contribution in [0.15, 0.2) is 41.4 Å². The minimum atomic E-state index is 0.478. The van der Waals surface area contributed by atoms with Crippen molar-refractivity contribution in [3.05, 3.63) is 42.0 Å². The molecule has 24 heavy (non-hydrogen) atoms. The Labute approximate surface area is 144 Å². The number of morpholine rings is 1. The van der Waals surface area contributed by atoms with Crippen LogP contribution in [0.1, 0.15) is 25.3 Å². The molecule has 0 aromatic heterocycles. The average molecular weight is 328 g/mol. The van der Waals surface area contributed by atoms with Crippen molar-refractivity contribution in [3.8, 4) is 0 Å². The second kappa shape index (κ2) is 8.73. The molecular formula is C19H28N4O. The van der Waals surface area contributed by atoms with E-state index in [1.807, 2.05) is 0 Å². The quantitative estimate of drug-likeness (QED) is 0.495. The minimum Gasteiger partial charge on any atom is -0.378 e. The molecule has 2 aliphatic rings. The third-order valence-corrected chi connectivity index (χ3v) is 4.43. The zero-order chi connectivity index (χ0) is 16.6. The lowest BCUT2D eigenvalue weighted by molar-refractivity contribution is 0.122. The van der Waals surface area contributed by atoms with Crippen LogP contribution in [0.4, 0.5) is 5.69 Å². The number of aliphatic imine (C=N–C) groups is 1. The molecule has 5 heteroatoms. The third kappa shape index (κ3) is 4.74. The van der Waals surface area contributed by atoms with Gasteiger partial charge in [0.25, 0.3) is 0 Å². The van der Waals surface area contributed by atoms with Gasteiger partial charge in [0.1, 0.15) is 0 Å². The first-order chi connectivity index (χ1) is 11.8. The van der Waals surface area contributed by atoms with E-state index in [1.165, 1.54) is 11.3 Å². The fraction of sp³-hybridized carbons (Fsp3) is 0.526. The summed E-state index contributed by atoms with van der Waals surface area (Å²) in [5.41, 5.74) is 2.50. The summed E-state index contributed by atoms with van der Waals surface area (Å²) in [6.45, 7) is 7.25. The van der Waals surface area contributed by atoms with Crippen molar-refractivity contribution in [1.82, 2.24) is 10.6 Å². The molecule has 1 aliphatic carbocycles. The lowest BCUT2D eigenvalue weighted by Gasteiger charge is -2.28. The lowest BCUT2D eigenvalue weighted by Crippen LogP contribution is -2.42. The number of nitrogens with zero attached hydrogens (tertiary/aromatic N) is 2. The number of hydrogen-bond acceptors (Lipinski definition) is 3. The van der Waals surface area contributed by atoms with Gasteiger partial charge in [0, 0.05) is 31.4 Å². The van der Waals surface area contributed by atoms with E-state index >= 15 is 0 Å². The molecule has 0 radical (unpaired) electrons. The van der Waals surface area contributed by atoms with Gasteiger partial charge in [0.15, 0.2) is 5.96 Å². The molecule has 1 aromatic carbocycles. The SMILES string of the molecule is CCNC(=NCc1ccc(N2CCOCC2)cc1)NC1CC=CC1. The van der Waals surface area contributed by atoms with Gasteiger partial charge in [-0.25, -0.2) is 4.99 Å². The molecule has 1 fully saturated rings. The van der Waals surface area contributed by atoms with Crippen LogP contribution in [0.3, 0.4) is 0 Å². The Morgan fingerprint density at radius 1 is 1.17 bits per heavy atom. The predicted octanol–water partition coefficient (Wildman–Crippen LogP) is 2.30. The number of guanidine groups is 1. The Bertz CT molecular complexity index is 553. The highest BCUT2D eigenvalue weighted by Crippen LogP contribution is 2.17. The molecule has 0 spiro atoms. The van der Waals surface area contributed by atoms with Gasteiger partial charge in [-0.3, -0.25) is 0 Å². The van der Waals surface area contributed by atoms with E-state index in [-0.39, 0.29) is 0 Å². The summed E-state index contributed by atoms with van der Waals surface area (Å²) in [5, 5.41) is 6.84. The normalized spacial score (nSPS) is 18.9. The van der Waals surface area contributed by atoms with Crippen LogP contribution in [0.25, 0.3) is 0 Å². The molecule has 1 saturated heterocycles. The van der Waals surface area contributed by atoms with Crippen LogP contribution >= 0.6 is 0 Å². The highest BCUT2D eigenvalue weighted by atomic mass is 16.5. The molecule has 0 saturated carbocycles. The van der Waals surface area contributed by atoms with Gasteiger partial charge in [-0.1, -0.05) is 24.3 Å². The molecule has 1 aliphatic heterocycles. The Morgan fingerprint density at radius 2 is 1.88 bits per heavy atom. The summed E-state index contributed by atoms with van der Waals surface area (Å²) < 4.78 is 5.41. The molecule has 3 rings (SSSR count). The van der Waals surface area contributed by atoms with Crippen molar-refractivity contribution in [3.63, 3.8) is 0 Å². The van der Waals surface area contributed by atoms with Gasteiger partial charge in [-0.15, -0.1) is 0 Å². The molecule has 0 unspecified atom stereocenters. The second-order valence-corrected chi connectivity index (χ2v) is 6.25. The predicted molar refractivity (Wildman–Crippen MR) is 99.6 cm³/mol. The number of rotatable bonds is 5. The van der Waals surface area contributed by atoms with Crippen molar-refractivity contribution in [2.24, 2.45) is 4.99 Å². The number of anilines is 1. The Morgan fingerprint density at radius 3 is 2.54 bits per heavy atom. The largest absolute Gasteiger partial charge is 0.378 e. The van der Waals surface area contributed by atoms with Gasteiger partial charge in [0.2, 0.25) is 0 Å². The van der Waals surface area contributed by atoms with Gasteiger partial charge in [0.05, 0.1) is 19.8 Å². The van der Waals surface area contributed by atoms with Crippen molar-refractivity contribution in [2.45, 2.75) is 32.4 Å². The van der Waals surface area contributed by atoms with Crippen LogP contribution in [0.5, 0.6) is 0 Å². The summed E-state index contributed by atoms with van der Waals surface area (Å²) in [7, 11) is 0. The fourth-order valence-corrected chi connectivity index (χ4v) is 3.05. The Hall–Kier alpha value is -2.01. The highest BCUT2D eigenvalue weighted by molar-refractivity contribution is 5.80. The van der Waals surface area contributed by atoms with Crippen LogP contribution in [-0.4, -0.2) is 44.8 Å². The Balaban J connectivity index is 1.56. The standard InChI is InChI=1S/C19H28N4O/c1-2-20-19(22-17-5-3-4-6-17)21-15-16-7-9-18(10-8-16)23-11-13-24-14-12-23/h3-4,7-10,17H,2,5-6,11-15H2,1H3,(H2,20,21,22).